The number of ether oxygens (including phenoxy) is 1. The molecular weight excluding hydrogens is 204 g/mol. The zero-order valence-electron chi connectivity index (χ0n) is 8.27. The summed E-state index contributed by atoms with van der Waals surface area (Å²) >= 11 is 0. The molecule has 3 atom stereocenters. The van der Waals surface area contributed by atoms with Gasteiger partial charge in [-0.05, 0) is 12.8 Å². The lowest BCUT2D eigenvalue weighted by Crippen LogP contribution is -2.24. The standard InChI is InChI=1S/C9H16O4S/c1-7(5-9(10)11)14(12)6-8-3-2-4-13-8/h7-8H,2-6H2,1H3,(H,10,11). The first-order chi connectivity index (χ1) is 6.59. The second kappa shape index (κ2) is 5.46. The number of rotatable bonds is 5. The molecule has 0 spiro atoms. The van der Waals surface area contributed by atoms with E-state index >= 15 is 0 Å². The molecule has 1 saturated heterocycles. The number of carboxylic acids is 1. The van der Waals surface area contributed by atoms with Crippen molar-refractivity contribution in [1.29, 1.82) is 0 Å². The van der Waals surface area contributed by atoms with Crippen molar-refractivity contribution < 1.29 is 18.8 Å². The molecule has 0 amide bonds. The van der Waals surface area contributed by atoms with Gasteiger partial charge in [-0.15, -0.1) is 0 Å². The molecule has 5 heteroatoms. The molecule has 1 N–H and O–H groups in total. The molecule has 1 heterocycles. The molecule has 14 heavy (non-hydrogen) atoms. The Morgan fingerprint density at radius 1 is 1.71 bits per heavy atom. The van der Waals surface area contributed by atoms with Crippen LogP contribution in [0.25, 0.3) is 0 Å². The van der Waals surface area contributed by atoms with Gasteiger partial charge >= 0.3 is 5.97 Å². The third-order valence-electron chi connectivity index (χ3n) is 2.29. The minimum absolute atomic E-state index is 0.0284. The minimum Gasteiger partial charge on any atom is -0.481 e. The van der Waals surface area contributed by atoms with Gasteiger partial charge in [-0.1, -0.05) is 6.92 Å². The molecule has 82 valence electrons. The van der Waals surface area contributed by atoms with Crippen LogP contribution >= 0.6 is 0 Å². The van der Waals surface area contributed by atoms with Crippen molar-refractivity contribution in [3.63, 3.8) is 0 Å². The molecule has 0 aromatic rings. The molecule has 1 rings (SSSR count). The normalized spacial score (nSPS) is 25.9. The van der Waals surface area contributed by atoms with Crippen molar-refractivity contribution in [3.8, 4) is 0 Å². The van der Waals surface area contributed by atoms with Crippen LogP contribution in [0, 0.1) is 0 Å². The van der Waals surface area contributed by atoms with Crippen molar-refractivity contribution in [2.24, 2.45) is 0 Å². The van der Waals surface area contributed by atoms with Crippen LogP contribution in [0.4, 0.5) is 0 Å². The minimum atomic E-state index is -1.08. The molecule has 0 bridgehead atoms. The van der Waals surface area contributed by atoms with Crippen LogP contribution in [0.2, 0.25) is 0 Å². The second-order valence-electron chi connectivity index (χ2n) is 3.59. The molecule has 0 radical (unpaired) electrons. The SMILES string of the molecule is CC(CC(=O)O)S(=O)CC1CCCO1. The summed E-state index contributed by atoms with van der Waals surface area (Å²) in [5.41, 5.74) is 0. The number of hydrogen-bond donors (Lipinski definition) is 1. The van der Waals surface area contributed by atoms with Crippen LogP contribution in [0.1, 0.15) is 26.2 Å². The Morgan fingerprint density at radius 2 is 2.43 bits per heavy atom. The lowest BCUT2D eigenvalue weighted by Gasteiger charge is -2.12. The van der Waals surface area contributed by atoms with Gasteiger partial charge in [-0.25, -0.2) is 0 Å². The lowest BCUT2D eigenvalue weighted by molar-refractivity contribution is -0.136. The highest BCUT2D eigenvalue weighted by Crippen LogP contribution is 2.15. The Bertz CT molecular complexity index is 223. The maximum atomic E-state index is 11.6. The van der Waals surface area contributed by atoms with Gasteiger partial charge in [0.1, 0.15) is 0 Å². The zero-order valence-corrected chi connectivity index (χ0v) is 9.09. The predicted octanol–water partition coefficient (Wildman–Crippen LogP) is 0.777. The summed E-state index contributed by atoms with van der Waals surface area (Å²) in [4.78, 5) is 10.4. The van der Waals surface area contributed by atoms with E-state index in [1.165, 1.54) is 0 Å². The summed E-state index contributed by atoms with van der Waals surface area (Å²) in [6.45, 7) is 2.45. The van der Waals surface area contributed by atoms with Crippen molar-refractivity contribution in [1.82, 2.24) is 0 Å². The largest absolute Gasteiger partial charge is 0.481 e. The quantitative estimate of drug-likeness (QED) is 0.743. The van der Waals surface area contributed by atoms with E-state index in [2.05, 4.69) is 0 Å². The Morgan fingerprint density at radius 3 is 2.93 bits per heavy atom. The topological polar surface area (TPSA) is 63.6 Å². The predicted molar refractivity (Wildman–Crippen MR) is 53.7 cm³/mol. The number of carbonyl (C=O) groups is 1. The molecule has 1 aliphatic rings. The first-order valence-electron chi connectivity index (χ1n) is 4.80. The van der Waals surface area contributed by atoms with Crippen molar-refractivity contribution in [3.05, 3.63) is 0 Å². The van der Waals surface area contributed by atoms with Gasteiger partial charge in [0.2, 0.25) is 0 Å². The molecule has 4 nitrogen and oxygen atoms in total. The van der Waals surface area contributed by atoms with Crippen molar-refractivity contribution in [2.75, 3.05) is 12.4 Å². The Balaban J connectivity index is 2.29. The van der Waals surface area contributed by atoms with E-state index in [-0.39, 0.29) is 17.8 Å². The Hall–Kier alpha value is -0.420. The van der Waals surface area contributed by atoms with Gasteiger partial charge in [0.05, 0.1) is 18.3 Å². The third kappa shape index (κ3) is 3.75. The summed E-state index contributed by atoms with van der Waals surface area (Å²) in [6, 6.07) is 0. The fourth-order valence-electron chi connectivity index (χ4n) is 1.46. The Kier molecular flexibility index (Phi) is 4.54. The average Bonchev–Trinajstić information content (AvgIpc) is 2.55. The summed E-state index contributed by atoms with van der Waals surface area (Å²) in [5.74, 6) is -0.410. The van der Waals surface area contributed by atoms with E-state index in [1.807, 2.05) is 0 Å². The molecule has 1 fully saturated rings. The summed E-state index contributed by atoms with van der Waals surface area (Å²) < 4.78 is 16.9. The first-order valence-corrected chi connectivity index (χ1v) is 6.18. The molecule has 3 unspecified atom stereocenters. The van der Waals surface area contributed by atoms with Gasteiger partial charge in [0, 0.05) is 22.7 Å². The smallest absolute Gasteiger partial charge is 0.304 e. The molecular formula is C9H16O4S. The second-order valence-corrected chi connectivity index (χ2v) is 5.49. The van der Waals surface area contributed by atoms with Crippen LogP contribution in [0.15, 0.2) is 0 Å². The number of hydrogen-bond acceptors (Lipinski definition) is 3. The fraction of sp³-hybridized carbons (Fsp3) is 0.889. The summed E-state index contributed by atoms with van der Waals surface area (Å²) in [6.07, 6.45) is 2.02. The van der Waals surface area contributed by atoms with Crippen molar-refractivity contribution >= 4 is 16.8 Å². The maximum absolute atomic E-state index is 11.6. The van der Waals surface area contributed by atoms with Gasteiger partial charge in [-0.3, -0.25) is 9.00 Å². The molecule has 0 aliphatic carbocycles. The summed E-state index contributed by atoms with van der Waals surface area (Å²) in [5, 5.41) is 8.25. The van der Waals surface area contributed by atoms with Crippen LogP contribution in [0.3, 0.4) is 0 Å². The van der Waals surface area contributed by atoms with Crippen molar-refractivity contribution in [2.45, 2.75) is 37.5 Å². The monoisotopic (exact) mass is 220 g/mol. The maximum Gasteiger partial charge on any atom is 0.304 e. The van der Waals surface area contributed by atoms with E-state index in [4.69, 9.17) is 9.84 Å². The van der Waals surface area contributed by atoms with Gasteiger partial charge in [-0.2, -0.15) is 0 Å². The van der Waals surface area contributed by atoms with Gasteiger partial charge < -0.3 is 9.84 Å². The first kappa shape index (κ1) is 11.7. The highest BCUT2D eigenvalue weighted by Gasteiger charge is 2.22. The van der Waals surface area contributed by atoms with E-state index in [0.29, 0.717) is 5.75 Å². The fourth-order valence-corrected chi connectivity index (χ4v) is 2.75. The molecule has 0 saturated carbocycles. The molecule has 0 aromatic heterocycles. The van der Waals surface area contributed by atoms with Crippen LogP contribution in [-0.4, -0.2) is 39.0 Å². The van der Waals surface area contributed by atoms with E-state index < -0.39 is 16.8 Å². The van der Waals surface area contributed by atoms with E-state index in [9.17, 15) is 9.00 Å². The van der Waals surface area contributed by atoms with Gasteiger partial charge in [0.25, 0.3) is 0 Å². The molecule has 0 aromatic carbocycles. The van der Waals surface area contributed by atoms with E-state index in [0.717, 1.165) is 19.4 Å². The summed E-state index contributed by atoms with van der Waals surface area (Å²) in [7, 11) is -1.08. The zero-order chi connectivity index (χ0) is 10.6. The van der Waals surface area contributed by atoms with E-state index in [1.54, 1.807) is 6.92 Å². The number of aliphatic carboxylic acids is 1. The lowest BCUT2D eigenvalue weighted by atomic mass is 10.3. The van der Waals surface area contributed by atoms with Gasteiger partial charge in [0.15, 0.2) is 0 Å². The highest BCUT2D eigenvalue weighted by molar-refractivity contribution is 7.85. The highest BCUT2D eigenvalue weighted by atomic mass is 32.2. The third-order valence-corrected chi connectivity index (χ3v) is 4.05. The Labute approximate surface area is 86.1 Å². The van der Waals surface area contributed by atoms with Crippen LogP contribution in [-0.2, 0) is 20.3 Å². The number of carboxylic acid groups (broad SMARTS) is 1. The van der Waals surface area contributed by atoms with Crippen LogP contribution in [0.5, 0.6) is 0 Å². The molecule has 1 aliphatic heterocycles. The average molecular weight is 220 g/mol. The van der Waals surface area contributed by atoms with Crippen LogP contribution < -0.4 is 0 Å².